The molecule has 0 amide bonds. The van der Waals surface area contributed by atoms with Crippen molar-refractivity contribution in [1.82, 2.24) is 0 Å². The van der Waals surface area contributed by atoms with Crippen LogP contribution in [0, 0.1) is 0 Å². The fraction of sp³-hybridized carbons (Fsp3) is 0.854. The molecule has 0 saturated heterocycles. The van der Waals surface area contributed by atoms with E-state index in [1.165, 1.54) is 116 Å². The van der Waals surface area contributed by atoms with Crippen molar-refractivity contribution in [2.24, 2.45) is 0 Å². The third-order valence-corrected chi connectivity index (χ3v) is 10.6. The average Bonchev–Trinajstić information content (AvgIpc) is 3.15. The number of rotatable bonds is 42. The number of allylic oxidation sites excluding steroid dienone is 4. The Labute approximate surface area is 345 Å². The molecule has 2 atom stereocenters. The lowest BCUT2D eigenvalue weighted by Crippen LogP contribution is -2.55. The Hall–Kier alpha value is -2.19. The molecule has 0 aromatic rings. The third-order valence-electron chi connectivity index (χ3n) is 10.6. The van der Waals surface area contributed by atoms with Crippen molar-refractivity contribution in [3.8, 4) is 0 Å². The molecule has 0 aromatic carbocycles. The molecule has 0 spiro atoms. The topological polar surface area (TPSA) is 102 Å². The van der Waals surface area contributed by atoms with Gasteiger partial charge >= 0.3 is 11.9 Å². The summed E-state index contributed by atoms with van der Waals surface area (Å²) >= 11 is 0. The summed E-state index contributed by atoms with van der Waals surface area (Å²) in [5, 5.41) is 11.6. The van der Waals surface area contributed by atoms with Crippen LogP contribution >= 0.6 is 0 Å². The van der Waals surface area contributed by atoms with E-state index >= 15 is 0 Å². The summed E-state index contributed by atoms with van der Waals surface area (Å²) in [7, 11) is 5.41. The first-order valence-electron chi connectivity index (χ1n) is 23.4. The van der Waals surface area contributed by atoms with Crippen molar-refractivity contribution in [3.05, 3.63) is 24.3 Å². The Balaban J connectivity index is 4.33. The molecule has 0 heterocycles. The summed E-state index contributed by atoms with van der Waals surface area (Å²) in [6.07, 6.45) is 43.4. The number of nitrogens with zero attached hydrogens (tertiary/aromatic N) is 1. The molecule has 0 aliphatic rings. The van der Waals surface area contributed by atoms with Crippen LogP contribution in [0.3, 0.4) is 0 Å². The van der Waals surface area contributed by atoms with E-state index in [-0.39, 0.29) is 42.7 Å². The van der Waals surface area contributed by atoms with Gasteiger partial charge in [-0.25, -0.2) is 0 Å². The highest BCUT2D eigenvalue weighted by Crippen LogP contribution is 2.14. The Bertz CT molecular complexity index is 973. The van der Waals surface area contributed by atoms with Crippen LogP contribution in [0.15, 0.2) is 24.3 Å². The van der Waals surface area contributed by atoms with Crippen molar-refractivity contribution < 1.29 is 38.2 Å². The van der Waals surface area contributed by atoms with E-state index in [0.717, 1.165) is 64.2 Å². The monoisotopic (exact) mass is 792 g/mol. The van der Waals surface area contributed by atoms with Crippen LogP contribution in [-0.4, -0.2) is 75.5 Å². The van der Waals surface area contributed by atoms with E-state index in [9.17, 15) is 19.5 Å². The lowest BCUT2D eigenvalue weighted by atomic mass is 10.1. The second-order valence-electron chi connectivity index (χ2n) is 17.0. The van der Waals surface area contributed by atoms with E-state index in [4.69, 9.17) is 14.2 Å². The van der Waals surface area contributed by atoms with E-state index in [0.29, 0.717) is 12.8 Å². The van der Waals surface area contributed by atoms with E-state index in [1.54, 1.807) is 21.1 Å². The van der Waals surface area contributed by atoms with Crippen molar-refractivity contribution in [2.75, 3.05) is 41.0 Å². The van der Waals surface area contributed by atoms with E-state index in [1.807, 2.05) is 0 Å². The van der Waals surface area contributed by atoms with Gasteiger partial charge in [-0.2, -0.15) is 0 Å². The van der Waals surface area contributed by atoms with Crippen molar-refractivity contribution in [2.45, 2.75) is 225 Å². The van der Waals surface area contributed by atoms with Gasteiger partial charge in [0.1, 0.15) is 12.6 Å². The standard InChI is InChI=1S/C48H89NO7/c1-6-8-10-12-14-16-18-20-22-24-26-28-30-32-34-36-38-46(50)55-43-44(42-54-41-40-45(48(52)53)49(3,4)5)56-47(51)39-37-35-33-31-29-27-25-23-21-19-17-15-13-11-9-7-2/h22-25,44-45H,6-21,26-43H2,1-5H3/b24-22+,25-23+. The van der Waals surface area contributed by atoms with Crippen molar-refractivity contribution in [3.63, 3.8) is 0 Å². The van der Waals surface area contributed by atoms with Gasteiger partial charge in [-0.05, 0) is 64.2 Å². The predicted molar refractivity (Wildman–Crippen MR) is 231 cm³/mol. The van der Waals surface area contributed by atoms with Gasteiger partial charge < -0.3 is 28.6 Å². The number of ether oxygens (including phenoxy) is 3. The molecule has 2 unspecified atom stereocenters. The molecule has 0 aromatic heterocycles. The highest BCUT2D eigenvalue weighted by molar-refractivity contribution is 5.70. The van der Waals surface area contributed by atoms with Gasteiger partial charge in [0, 0.05) is 19.3 Å². The Morgan fingerprint density at radius 2 is 0.893 bits per heavy atom. The molecule has 0 fully saturated rings. The van der Waals surface area contributed by atoms with Gasteiger partial charge in [-0.3, -0.25) is 9.59 Å². The Kier molecular flexibility index (Phi) is 38.1. The second kappa shape index (κ2) is 39.6. The smallest absolute Gasteiger partial charge is 0.306 e. The maximum absolute atomic E-state index is 12.7. The molecule has 0 bridgehead atoms. The molecule has 0 aliphatic carbocycles. The molecule has 0 aliphatic heterocycles. The van der Waals surface area contributed by atoms with Crippen molar-refractivity contribution >= 4 is 17.9 Å². The van der Waals surface area contributed by atoms with Gasteiger partial charge in [0.15, 0.2) is 6.10 Å². The van der Waals surface area contributed by atoms with Crippen LogP contribution in [0.1, 0.15) is 213 Å². The number of carboxylic acids is 1. The van der Waals surface area contributed by atoms with Gasteiger partial charge in [0.05, 0.1) is 40.3 Å². The van der Waals surface area contributed by atoms with Gasteiger partial charge in [0.25, 0.3) is 0 Å². The fourth-order valence-corrected chi connectivity index (χ4v) is 6.88. The summed E-state index contributed by atoms with van der Waals surface area (Å²) in [5.41, 5.74) is 0. The molecule has 8 nitrogen and oxygen atoms in total. The zero-order valence-corrected chi connectivity index (χ0v) is 37.3. The number of esters is 2. The molecule has 8 heteroatoms. The minimum absolute atomic E-state index is 0.0376. The minimum atomic E-state index is -1.13. The van der Waals surface area contributed by atoms with E-state index in [2.05, 4.69) is 38.2 Å². The number of quaternary nitrogens is 1. The lowest BCUT2D eigenvalue weighted by Gasteiger charge is -2.34. The molecular weight excluding hydrogens is 703 g/mol. The quantitative estimate of drug-likeness (QED) is 0.0262. The minimum Gasteiger partial charge on any atom is -0.544 e. The van der Waals surface area contributed by atoms with Crippen LogP contribution in [-0.2, 0) is 28.6 Å². The largest absolute Gasteiger partial charge is 0.544 e. The maximum Gasteiger partial charge on any atom is 0.306 e. The number of aliphatic carboxylic acids is 1. The zero-order valence-electron chi connectivity index (χ0n) is 37.3. The highest BCUT2D eigenvalue weighted by atomic mass is 16.6. The van der Waals surface area contributed by atoms with Crippen LogP contribution in [0.5, 0.6) is 0 Å². The zero-order chi connectivity index (χ0) is 41.4. The molecule has 0 radical (unpaired) electrons. The lowest BCUT2D eigenvalue weighted by molar-refractivity contribution is -0.889. The first-order valence-corrected chi connectivity index (χ1v) is 23.4. The van der Waals surface area contributed by atoms with Gasteiger partial charge in [-0.15, -0.1) is 0 Å². The normalized spacial score (nSPS) is 13.1. The first-order chi connectivity index (χ1) is 27.1. The number of unbranched alkanes of at least 4 members (excludes halogenated alkanes) is 24. The number of likely N-dealkylation sites (N-methyl/N-ethyl adjacent to an activating group) is 1. The summed E-state index contributed by atoms with van der Waals surface area (Å²) in [4.78, 5) is 36.9. The molecule has 0 saturated carbocycles. The molecule has 56 heavy (non-hydrogen) atoms. The van der Waals surface area contributed by atoms with Gasteiger partial charge in [-0.1, -0.05) is 154 Å². The van der Waals surface area contributed by atoms with Gasteiger partial charge in [0.2, 0.25) is 0 Å². The maximum atomic E-state index is 12.7. The Morgan fingerprint density at radius 1 is 0.518 bits per heavy atom. The summed E-state index contributed by atoms with van der Waals surface area (Å²) < 4.78 is 17.2. The average molecular weight is 792 g/mol. The fourth-order valence-electron chi connectivity index (χ4n) is 6.88. The van der Waals surface area contributed by atoms with Crippen LogP contribution < -0.4 is 5.11 Å². The predicted octanol–water partition coefficient (Wildman–Crippen LogP) is 11.5. The van der Waals surface area contributed by atoms with Crippen LogP contribution in [0.2, 0.25) is 0 Å². The van der Waals surface area contributed by atoms with E-state index < -0.39 is 18.1 Å². The SMILES string of the molecule is CCCCCCCCC/C=C/CCCCCCCC(=O)OCC(COCCC(C(=O)[O-])[N+](C)(C)C)OC(=O)CCCCCCC/C=C/CCCCCCCCC. The number of carbonyl (C=O) groups is 3. The molecule has 328 valence electrons. The van der Waals surface area contributed by atoms with Crippen LogP contribution in [0.4, 0.5) is 0 Å². The molecule has 0 rings (SSSR count). The Morgan fingerprint density at radius 3 is 1.29 bits per heavy atom. The summed E-state index contributed by atoms with van der Waals surface area (Å²) in [6.45, 7) is 4.66. The number of carboxylic acid groups (broad SMARTS) is 1. The van der Waals surface area contributed by atoms with Crippen molar-refractivity contribution in [1.29, 1.82) is 0 Å². The number of carbonyl (C=O) groups excluding carboxylic acids is 3. The first kappa shape index (κ1) is 53.8. The second-order valence-corrected chi connectivity index (χ2v) is 17.0. The highest BCUT2D eigenvalue weighted by Gasteiger charge is 2.25. The summed E-state index contributed by atoms with van der Waals surface area (Å²) in [5.74, 6) is -1.75. The number of hydrogen-bond acceptors (Lipinski definition) is 7. The number of hydrogen-bond donors (Lipinski definition) is 0. The summed E-state index contributed by atoms with van der Waals surface area (Å²) in [6, 6.07) is -0.726. The molecular formula is C48H89NO7. The van der Waals surface area contributed by atoms with Crippen LogP contribution in [0.25, 0.3) is 0 Å². The third kappa shape index (κ3) is 37.4. The molecule has 0 N–H and O–H groups in total.